The molecule has 2 N–H and O–H groups in total. The molecule has 2 aliphatic heterocycles. The second kappa shape index (κ2) is 7.17. The van der Waals surface area contributed by atoms with E-state index in [0.717, 1.165) is 22.3 Å². The number of hydrogen-bond acceptors (Lipinski definition) is 2. The highest BCUT2D eigenvalue weighted by molar-refractivity contribution is 6.37. The van der Waals surface area contributed by atoms with Crippen LogP contribution in [0.15, 0.2) is 60.7 Å². The zero-order chi connectivity index (χ0) is 20.8. The second-order valence-corrected chi connectivity index (χ2v) is 7.95. The van der Waals surface area contributed by atoms with Crippen molar-refractivity contribution in [3.63, 3.8) is 0 Å². The summed E-state index contributed by atoms with van der Waals surface area (Å²) < 4.78 is 0. The molecule has 0 saturated heterocycles. The van der Waals surface area contributed by atoms with E-state index in [2.05, 4.69) is 10.6 Å². The maximum absolute atomic E-state index is 12.4. The van der Waals surface area contributed by atoms with Crippen molar-refractivity contribution in [2.24, 2.45) is 0 Å². The Hall–Kier alpha value is -3.34. The van der Waals surface area contributed by atoms with Crippen LogP contribution in [0.3, 0.4) is 0 Å². The van der Waals surface area contributed by atoms with Crippen LogP contribution in [0.5, 0.6) is 0 Å². The largest absolute Gasteiger partial charge is 0.321 e. The molecule has 0 aliphatic carbocycles. The molecule has 3 aromatic rings. The number of carbonyl (C=O) groups is 2. The number of nitrogens with one attached hydrogen (secondary N) is 2. The van der Waals surface area contributed by atoms with Crippen LogP contribution in [-0.2, 0) is 9.59 Å². The molecule has 0 bridgehead atoms. The third-order valence-corrected chi connectivity index (χ3v) is 5.53. The average Bonchev–Trinajstić information content (AvgIpc) is 3.17. The Morgan fingerprint density at radius 1 is 0.633 bits per heavy atom. The van der Waals surface area contributed by atoms with Crippen molar-refractivity contribution in [3.05, 3.63) is 93.0 Å². The number of rotatable bonds is 2. The lowest BCUT2D eigenvalue weighted by atomic mass is 10.0. The highest BCUT2D eigenvalue weighted by Gasteiger charge is 2.25. The molecule has 2 aliphatic rings. The molecule has 6 heteroatoms. The third kappa shape index (κ3) is 3.30. The molecule has 2 amide bonds. The molecule has 4 nitrogen and oxygen atoms in total. The summed E-state index contributed by atoms with van der Waals surface area (Å²) >= 11 is 12.0. The van der Waals surface area contributed by atoms with Crippen LogP contribution in [0.1, 0.15) is 22.3 Å². The van der Waals surface area contributed by atoms with Crippen LogP contribution in [0.4, 0.5) is 11.4 Å². The van der Waals surface area contributed by atoms with E-state index in [1.165, 1.54) is 0 Å². The summed E-state index contributed by atoms with van der Waals surface area (Å²) in [6.45, 7) is 0. The molecule has 0 aromatic heterocycles. The quantitative estimate of drug-likeness (QED) is 0.489. The fourth-order valence-electron chi connectivity index (χ4n) is 3.69. The first-order valence-electron chi connectivity index (χ1n) is 9.24. The van der Waals surface area contributed by atoms with Gasteiger partial charge in [0.15, 0.2) is 0 Å². The Kier molecular flexibility index (Phi) is 4.46. The summed E-state index contributed by atoms with van der Waals surface area (Å²) in [5, 5.41) is 6.81. The molecule has 0 saturated carbocycles. The molecule has 2 heterocycles. The van der Waals surface area contributed by atoms with Gasteiger partial charge < -0.3 is 10.6 Å². The normalized spacial score (nSPS) is 17.1. The van der Waals surface area contributed by atoms with Gasteiger partial charge in [0.05, 0.1) is 11.4 Å². The van der Waals surface area contributed by atoms with E-state index in [0.29, 0.717) is 32.6 Å². The van der Waals surface area contributed by atoms with E-state index < -0.39 is 0 Å². The average molecular weight is 433 g/mol. The molecule has 30 heavy (non-hydrogen) atoms. The Morgan fingerprint density at radius 2 is 1.10 bits per heavy atom. The lowest BCUT2D eigenvalue weighted by Crippen LogP contribution is -2.03. The molecule has 3 aromatic carbocycles. The highest BCUT2D eigenvalue weighted by Crippen LogP contribution is 2.36. The van der Waals surface area contributed by atoms with Crippen molar-refractivity contribution in [1.29, 1.82) is 0 Å². The smallest absolute Gasteiger partial charge is 0.256 e. The topological polar surface area (TPSA) is 58.2 Å². The standard InChI is InChI=1S/C24H14Cl2N2O2/c25-15-4-6-17-19(23(29)27-21(17)11-15)9-13-2-1-3-14(8-13)10-20-18-7-5-16(26)12-22(18)28-24(20)30/h1-12H,(H,27,29)(H,28,30). The van der Waals surface area contributed by atoms with E-state index in [1.54, 1.807) is 24.3 Å². The molecule has 0 fully saturated rings. The summed E-state index contributed by atoms with van der Waals surface area (Å²) in [5.41, 5.74) is 5.89. The Balaban J connectivity index is 1.52. The number of carbonyl (C=O) groups excluding carboxylic acids is 2. The van der Waals surface area contributed by atoms with Crippen LogP contribution in [0, 0.1) is 0 Å². The molecule has 146 valence electrons. The lowest BCUT2D eigenvalue weighted by Gasteiger charge is -2.02. The van der Waals surface area contributed by atoms with E-state index in [1.807, 2.05) is 48.6 Å². The van der Waals surface area contributed by atoms with Crippen molar-refractivity contribution >= 4 is 69.7 Å². The number of benzene rings is 3. The van der Waals surface area contributed by atoms with E-state index in [-0.39, 0.29) is 11.8 Å². The van der Waals surface area contributed by atoms with Crippen molar-refractivity contribution in [1.82, 2.24) is 0 Å². The number of fused-ring (bicyclic) bond motifs is 2. The molecule has 5 rings (SSSR count). The molecular formula is C24H14Cl2N2O2. The molecule has 0 unspecified atom stereocenters. The highest BCUT2D eigenvalue weighted by atomic mass is 35.5. The second-order valence-electron chi connectivity index (χ2n) is 7.07. The number of anilines is 2. The molecule has 0 radical (unpaired) electrons. The van der Waals surface area contributed by atoms with E-state index in [4.69, 9.17) is 23.2 Å². The van der Waals surface area contributed by atoms with Crippen LogP contribution < -0.4 is 10.6 Å². The fraction of sp³-hybridized carbons (Fsp3) is 0. The molecule has 0 spiro atoms. The Morgan fingerprint density at radius 3 is 1.57 bits per heavy atom. The Labute approximate surface area is 182 Å². The molecular weight excluding hydrogens is 419 g/mol. The first-order chi connectivity index (χ1) is 14.5. The first kappa shape index (κ1) is 18.7. The minimum Gasteiger partial charge on any atom is -0.321 e. The van der Waals surface area contributed by atoms with Crippen molar-refractivity contribution in [2.75, 3.05) is 10.6 Å². The van der Waals surface area contributed by atoms with Crippen molar-refractivity contribution < 1.29 is 9.59 Å². The minimum absolute atomic E-state index is 0.169. The van der Waals surface area contributed by atoms with Gasteiger partial charge in [0.2, 0.25) is 0 Å². The van der Waals surface area contributed by atoms with Gasteiger partial charge in [-0.15, -0.1) is 0 Å². The number of halogens is 2. The van der Waals surface area contributed by atoms with E-state index >= 15 is 0 Å². The van der Waals surface area contributed by atoms with Gasteiger partial charge >= 0.3 is 0 Å². The SMILES string of the molecule is O=C1Nc2cc(Cl)ccc2C1=Cc1cccc(C=C2C(=O)Nc3cc(Cl)ccc32)c1. The van der Waals surface area contributed by atoms with Crippen molar-refractivity contribution in [2.45, 2.75) is 0 Å². The predicted octanol–water partition coefficient (Wildman–Crippen LogP) is 5.98. The zero-order valence-electron chi connectivity index (χ0n) is 15.5. The van der Waals surface area contributed by atoms with E-state index in [9.17, 15) is 9.59 Å². The number of hydrogen-bond donors (Lipinski definition) is 2. The summed E-state index contributed by atoms with van der Waals surface area (Å²) in [6.07, 6.45) is 3.67. The van der Waals surface area contributed by atoms with Gasteiger partial charge in [0, 0.05) is 32.3 Å². The summed E-state index contributed by atoms with van der Waals surface area (Å²) in [7, 11) is 0. The number of amides is 2. The monoisotopic (exact) mass is 432 g/mol. The summed E-state index contributed by atoms with van der Waals surface area (Å²) in [6, 6.07) is 18.3. The van der Waals surface area contributed by atoms with Crippen LogP contribution in [-0.4, -0.2) is 11.8 Å². The van der Waals surface area contributed by atoms with Gasteiger partial charge in [-0.3, -0.25) is 9.59 Å². The van der Waals surface area contributed by atoms with Gasteiger partial charge in [-0.1, -0.05) is 53.5 Å². The van der Waals surface area contributed by atoms with Crippen LogP contribution in [0.2, 0.25) is 10.0 Å². The summed E-state index contributed by atoms with van der Waals surface area (Å²) in [5.74, 6) is -0.339. The molecule has 0 atom stereocenters. The fourth-order valence-corrected chi connectivity index (χ4v) is 4.04. The van der Waals surface area contributed by atoms with Gasteiger partial charge in [0.25, 0.3) is 11.8 Å². The van der Waals surface area contributed by atoms with Gasteiger partial charge in [-0.2, -0.15) is 0 Å². The summed E-state index contributed by atoms with van der Waals surface area (Å²) in [4.78, 5) is 24.8. The van der Waals surface area contributed by atoms with Crippen molar-refractivity contribution in [3.8, 4) is 0 Å². The maximum Gasteiger partial charge on any atom is 0.256 e. The minimum atomic E-state index is -0.169. The Bertz CT molecular complexity index is 1210. The van der Waals surface area contributed by atoms with Gasteiger partial charge in [-0.05, 0) is 53.6 Å². The van der Waals surface area contributed by atoms with Crippen LogP contribution >= 0.6 is 23.2 Å². The predicted molar refractivity (Wildman–Crippen MR) is 122 cm³/mol. The van der Waals surface area contributed by atoms with Crippen LogP contribution in [0.25, 0.3) is 23.3 Å². The van der Waals surface area contributed by atoms with Gasteiger partial charge in [0.1, 0.15) is 0 Å². The maximum atomic E-state index is 12.4. The first-order valence-corrected chi connectivity index (χ1v) is 9.99. The zero-order valence-corrected chi connectivity index (χ0v) is 17.0. The third-order valence-electron chi connectivity index (χ3n) is 5.06. The lowest BCUT2D eigenvalue weighted by molar-refractivity contribution is -0.111. The van der Waals surface area contributed by atoms with Gasteiger partial charge in [-0.25, -0.2) is 0 Å².